The van der Waals surface area contributed by atoms with Crippen LogP contribution in [0.25, 0.3) is 0 Å². The summed E-state index contributed by atoms with van der Waals surface area (Å²) in [6.07, 6.45) is 4.77. The highest BCUT2D eigenvalue weighted by Crippen LogP contribution is 2.32. The molecule has 0 radical (unpaired) electrons. The van der Waals surface area contributed by atoms with Crippen LogP contribution in [0.5, 0.6) is 0 Å². The molecule has 2 heterocycles. The third kappa shape index (κ3) is 3.53. The average Bonchev–Trinajstić information content (AvgIpc) is 3.04. The lowest BCUT2D eigenvalue weighted by Crippen LogP contribution is -2.35. The van der Waals surface area contributed by atoms with E-state index in [4.69, 9.17) is 11.6 Å². The molecule has 0 aromatic heterocycles. The molecule has 0 atom stereocenters. The lowest BCUT2D eigenvalue weighted by atomic mass is 9.97. The lowest BCUT2D eigenvalue weighted by molar-refractivity contribution is 0.127. The second-order valence-corrected chi connectivity index (χ2v) is 6.74. The highest BCUT2D eigenvalue weighted by atomic mass is 35.5. The van der Waals surface area contributed by atoms with E-state index in [0.29, 0.717) is 12.5 Å². The molecule has 2 aliphatic rings. The number of aliphatic hydroxyl groups excluding tert-OH is 1. The largest absolute Gasteiger partial charge is 0.396 e. The molecule has 0 aliphatic carbocycles. The van der Waals surface area contributed by atoms with Gasteiger partial charge in [-0.3, -0.25) is 4.90 Å². The molecular formula is C17H25ClN2O. The molecule has 0 unspecified atom stereocenters. The normalized spacial score (nSPS) is 21.1. The highest BCUT2D eigenvalue weighted by Gasteiger charge is 2.22. The summed E-state index contributed by atoms with van der Waals surface area (Å²) in [5.41, 5.74) is 2.60. The van der Waals surface area contributed by atoms with Crippen LogP contribution in [0.1, 0.15) is 31.2 Å². The van der Waals surface area contributed by atoms with Crippen molar-refractivity contribution in [2.45, 2.75) is 32.2 Å². The number of anilines is 1. The van der Waals surface area contributed by atoms with Crippen LogP contribution in [-0.4, -0.2) is 42.8 Å². The average molecular weight is 309 g/mol. The standard InChI is InChI=1S/C17H25ClN2O/c18-16-4-3-5-17(20-8-1-2-9-20)15(16)12-19-10-6-14(13-21)7-11-19/h3-5,14,21H,1-2,6-13H2. The minimum absolute atomic E-state index is 0.332. The molecule has 3 rings (SSSR count). The minimum atomic E-state index is 0.332. The smallest absolute Gasteiger partial charge is 0.0471 e. The first-order chi connectivity index (χ1) is 10.3. The molecule has 3 nitrogen and oxygen atoms in total. The summed E-state index contributed by atoms with van der Waals surface area (Å²) in [5, 5.41) is 10.1. The van der Waals surface area contributed by atoms with Gasteiger partial charge in [0.05, 0.1) is 0 Å². The summed E-state index contributed by atoms with van der Waals surface area (Å²) in [6.45, 7) is 5.70. The molecule has 1 N–H and O–H groups in total. The molecule has 0 bridgehead atoms. The number of nitrogens with zero attached hydrogens (tertiary/aromatic N) is 2. The van der Waals surface area contributed by atoms with Gasteiger partial charge in [-0.1, -0.05) is 17.7 Å². The number of halogens is 1. The van der Waals surface area contributed by atoms with E-state index < -0.39 is 0 Å². The van der Waals surface area contributed by atoms with Crippen molar-refractivity contribution in [2.24, 2.45) is 5.92 Å². The van der Waals surface area contributed by atoms with Crippen LogP contribution in [0.2, 0.25) is 5.02 Å². The van der Waals surface area contributed by atoms with Gasteiger partial charge < -0.3 is 10.0 Å². The first-order valence-electron chi connectivity index (χ1n) is 8.13. The van der Waals surface area contributed by atoms with E-state index >= 15 is 0 Å². The fraction of sp³-hybridized carbons (Fsp3) is 0.647. The topological polar surface area (TPSA) is 26.7 Å². The zero-order valence-electron chi connectivity index (χ0n) is 12.6. The highest BCUT2D eigenvalue weighted by molar-refractivity contribution is 6.31. The molecule has 1 aromatic rings. The maximum Gasteiger partial charge on any atom is 0.0471 e. The van der Waals surface area contributed by atoms with Gasteiger partial charge in [0.2, 0.25) is 0 Å². The molecular weight excluding hydrogens is 284 g/mol. The predicted molar refractivity (Wildman–Crippen MR) is 88.0 cm³/mol. The summed E-state index contributed by atoms with van der Waals surface area (Å²) >= 11 is 6.49. The number of hydrogen-bond donors (Lipinski definition) is 1. The van der Waals surface area contributed by atoms with E-state index in [-0.39, 0.29) is 0 Å². The minimum Gasteiger partial charge on any atom is -0.396 e. The van der Waals surface area contributed by atoms with E-state index in [1.54, 1.807) is 0 Å². The zero-order chi connectivity index (χ0) is 14.7. The molecule has 0 spiro atoms. The van der Waals surface area contributed by atoms with Gasteiger partial charge in [0.25, 0.3) is 0 Å². The Balaban J connectivity index is 1.72. The van der Waals surface area contributed by atoms with Gasteiger partial charge in [-0.25, -0.2) is 0 Å². The summed E-state index contributed by atoms with van der Waals surface area (Å²) in [7, 11) is 0. The summed E-state index contributed by atoms with van der Waals surface area (Å²) in [6, 6.07) is 6.29. The van der Waals surface area contributed by atoms with Gasteiger partial charge in [0, 0.05) is 42.5 Å². The fourth-order valence-electron chi connectivity index (χ4n) is 3.51. The Morgan fingerprint density at radius 3 is 2.48 bits per heavy atom. The van der Waals surface area contributed by atoms with Crippen LogP contribution in [0.15, 0.2) is 18.2 Å². The van der Waals surface area contributed by atoms with Crippen LogP contribution in [0, 0.1) is 5.92 Å². The Bertz CT molecular complexity index is 466. The molecule has 2 saturated heterocycles. The van der Waals surface area contributed by atoms with Crippen LogP contribution >= 0.6 is 11.6 Å². The Kier molecular flexibility index (Phi) is 5.04. The van der Waals surface area contributed by atoms with Gasteiger partial charge >= 0.3 is 0 Å². The number of rotatable bonds is 4. The van der Waals surface area contributed by atoms with E-state index in [9.17, 15) is 5.11 Å². The van der Waals surface area contributed by atoms with E-state index in [0.717, 1.165) is 50.6 Å². The molecule has 2 aliphatic heterocycles. The van der Waals surface area contributed by atoms with Gasteiger partial charge in [0.1, 0.15) is 0 Å². The van der Waals surface area contributed by atoms with Gasteiger partial charge in [0.15, 0.2) is 0 Å². The van der Waals surface area contributed by atoms with Crippen molar-refractivity contribution < 1.29 is 5.11 Å². The molecule has 0 saturated carbocycles. The van der Waals surface area contributed by atoms with E-state index in [2.05, 4.69) is 21.9 Å². The molecule has 1 aromatic carbocycles. The number of benzene rings is 1. The first-order valence-corrected chi connectivity index (χ1v) is 8.51. The third-order valence-electron chi connectivity index (χ3n) is 4.89. The number of likely N-dealkylation sites (tertiary alicyclic amines) is 1. The Hall–Kier alpha value is -0.770. The first kappa shape index (κ1) is 15.1. The predicted octanol–water partition coefficient (Wildman–Crippen LogP) is 3.14. The molecule has 21 heavy (non-hydrogen) atoms. The molecule has 4 heteroatoms. The maximum atomic E-state index is 9.25. The molecule has 0 amide bonds. The Morgan fingerprint density at radius 2 is 1.81 bits per heavy atom. The van der Waals surface area contributed by atoms with Crippen molar-refractivity contribution in [2.75, 3.05) is 37.7 Å². The van der Waals surface area contributed by atoms with Crippen molar-refractivity contribution in [1.82, 2.24) is 4.90 Å². The van der Waals surface area contributed by atoms with Crippen LogP contribution in [0.4, 0.5) is 5.69 Å². The van der Waals surface area contributed by atoms with Gasteiger partial charge in [-0.15, -0.1) is 0 Å². The monoisotopic (exact) mass is 308 g/mol. The van der Waals surface area contributed by atoms with Gasteiger partial charge in [-0.05, 0) is 56.8 Å². The van der Waals surface area contributed by atoms with Crippen molar-refractivity contribution in [1.29, 1.82) is 0 Å². The maximum absolute atomic E-state index is 9.25. The quantitative estimate of drug-likeness (QED) is 0.925. The van der Waals surface area contributed by atoms with Crippen molar-refractivity contribution in [3.05, 3.63) is 28.8 Å². The summed E-state index contributed by atoms with van der Waals surface area (Å²) < 4.78 is 0. The van der Waals surface area contributed by atoms with E-state index in [1.165, 1.54) is 24.1 Å². The zero-order valence-corrected chi connectivity index (χ0v) is 13.4. The Morgan fingerprint density at radius 1 is 1.10 bits per heavy atom. The summed E-state index contributed by atoms with van der Waals surface area (Å²) in [4.78, 5) is 4.95. The third-order valence-corrected chi connectivity index (χ3v) is 5.24. The molecule has 2 fully saturated rings. The van der Waals surface area contributed by atoms with E-state index in [1.807, 2.05) is 6.07 Å². The number of aliphatic hydroxyl groups is 1. The Labute approximate surface area is 132 Å². The SMILES string of the molecule is OCC1CCN(Cc2c(Cl)cccc2N2CCCC2)CC1. The molecule has 116 valence electrons. The lowest BCUT2D eigenvalue weighted by Gasteiger charge is -2.32. The number of hydrogen-bond acceptors (Lipinski definition) is 3. The van der Waals surface area contributed by atoms with Crippen LogP contribution in [0.3, 0.4) is 0 Å². The number of piperidine rings is 1. The van der Waals surface area contributed by atoms with Gasteiger partial charge in [-0.2, -0.15) is 0 Å². The van der Waals surface area contributed by atoms with Crippen molar-refractivity contribution in [3.63, 3.8) is 0 Å². The fourth-order valence-corrected chi connectivity index (χ4v) is 3.74. The van der Waals surface area contributed by atoms with Crippen LogP contribution in [-0.2, 0) is 6.54 Å². The second kappa shape index (κ2) is 6.99. The second-order valence-electron chi connectivity index (χ2n) is 6.33. The van der Waals surface area contributed by atoms with Crippen LogP contribution < -0.4 is 4.90 Å². The van der Waals surface area contributed by atoms with Crippen molar-refractivity contribution >= 4 is 17.3 Å². The van der Waals surface area contributed by atoms with Crippen molar-refractivity contribution in [3.8, 4) is 0 Å². The summed E-state index contributed by atoms with van der Waals surface area (Å²) in [5.74, 6) is 0.491.